The summed E-state index contributed by atoms with van der Waals surface area (Å²) in [4.78, 5) is 11.8. The van der Waals surface area contributed by atoms with Crippen molar-refractivity contribution in [3.63, 3.8) is 0 Å². The molecule has 1 heterocycles. The van der Waals surface area contributed by atoms with Crippen molar-refractivity contribution in [2.24, 2.45) is 0 Å². The zero-order chi connectivity index (χ0) is 12.3. The van der Waals surface area contributed by atoms with E-state index in [4.69, 9.17) is 23.2 Å². The van der Waals surface area contributed by atoms with Gasteiger partial charge in [0.05, 0.1) is 10.6 Å². The van der Waals surface area contributed by atoms with Gasteiger partial charge in [-0.25, -0.2) is 0 Å². The monoisotopic (exact) mass is 285 g/mol. The molecule has 0 fully saturated rings. The first-order valence-corrected chi connectivity index (χ1v) is 6.61. The maximum atomic E-state index is 11.8. The minimum atomic E-state index is -0.196. The molecule has 2 aromatic rings. The summed E-state index contributed by atoms with van der Waals surface area (Å²) in [5, 5.41) is 7.64. The molecule has 2 rings (SSSR count). The van der Waals surface area contributed by atoms with Gasteiger partial charge in [0.15, 0.2) is 0 Å². The highest BCUT2D eigenvalue weighted by atomic mass is 35.5. The molecule has 0 aliphatic heterocycles. The number of halogens is 2. The third-order valence-corrected chi connectivity index (χ3v) is 3.49. The highest BCUT2D eigenvalue weighted by molar-refractivity contribution is 7.07. The Bertz CT molecular complexity index is 525. The quantitative estimate of drug-likeness (QED) is 0.908. The summed E-state index contributed by atoms with van der Waals surface area (Å²) in [7, 11) is 0. The van der Waals surface area contributed by atoms with E-state index < -0.39 is 0 Å². The number of carbonyl (C=O) groups is 1. The van der Waals surface area contributed by atoms with Crippen LogP contribution in [0.4, 0.5) is 0 Å². The molecule has 0 saturated heterocycles. The van der Waals surface area contributed by atoms with E-state index in [1.54, 1.807) is 29.5 Å². The second-order valence-electron chi connectivity index (χ2n) is 3.44. The number of amides is 1. The smallest absolute Gasteiger partial charge is 0.253 e. The van der Waals surface area contributed by atoms with Crippen LogP contribution in [0.5, 0.6) is 0 Å². The number of benzene rings is 1. The first kappa shape index (κ1) is 12.4. The predicted octanol–water partition coefficient (Wildman–Crippen LogP) is 3.98. The SMILES string of the molecule is O=C(NCc1ccsc1)c1ccc(Cl)cc1Cl. The zero-order valence-corrected chi connectivity index (χ0v) is 11.1. The van der Waals surface area contributed by atoms with Gasteiger partial charge in [-0.15, -0.1) is 0 Å². The molecule has 0 aliphatic rings. The van der Waals surface area contributed by atoms with Crippen LogP contribution in [0.2, 0.25) is 10.0 Å². The van der Waals surface area contributed by atoms with Crippen molar-refractivity contribution in [2.75, 3.05) is 0 Å². The van der Waals surface area contributed by atoms with Crippen molar-refractivity contribution in [3.8, 4) is 0 Å². The van der Waals surface area contributed by atoms with E-state index in [-0.39, 0.29) is 5.91 Å². The second-order valence-corrected chi connectivity index (χ2v) is 5.06. The third-order valence-electron chi connectivity index (χ3n) is 2.21. The van der Waals surface area contributed by atoms with E-state index in [1.165, 1.54) is 0 Å². The van der Waals surface area contributed by atoms with Crippen molar-refractivity contribution >= 4 is 40.4 Å². The molecule has 1 aromatic carbocycles. The molecule has 2 nitrogen and oxygen atoms in total. The van der Waals surface area contributed by atoms with Crippen LogP contribution in [0.15, 0.2) is 35.0 Å². The van der Waals surface area contributed by atoms with Gasteiger partial charge in [-0.05, 0) is 40.6 Å². The Hall–Kier alpha value is -1.03. The molecule has 88 valence electrons. The molecule has 0 atom stereocenters. The molecule has 0 unspecified atom stereocenters. The Labute approximate surface area is 113 Å². The average molecular weight is 286 g/mol. The Morgan fingerprint density at radius 1 is 1.29 bits per heavy atom. The van der Waals surface area contributed by atoms with Crippen LogP contribution >= 0.6 is 34.5 Å². The molecule has 0 spiro atoms. The summed E-state index contributed by atoms with van der Waals surface area (Å²) < 4.78 is 0. The summed E-state index contributed by atoms with van der Waals surface area (Å²) in [5.74, 6) is -0.196. The van der Waals surface area contributed by atoms with Gasteiger partial charge < -0.3 is 5.32 Å². The van der Waals surface area contributed by atoms with E-state index in [2.05, 4.69) is 5.32 Å². The number of carbonyl (C=O) groups excluding carboxylic acids is 1. The van der Waals surface area contributed by atoms with Crippen molar-refractivity contribution in [3.05, 3.63) is 56.2 Å². The van der Waals surface area contributed by atoms with Crippen LogP contribution < -0.4 is 5.32 Å². The van der Waals surface area contributed by atoms with E-state index in [1.807, 2.05) is 16.8 Å². The normalized spacial score (nSPS) is 10.2. The molecule has 5 heteroatoms. The van der Waals surface area contributed by atoms with Crippen LogP contribution in [0.1, 0.15) is 15.9 Å². The van der Waals surface area contributed by atoms with Gasteiger partial charge in [0.2, 0.25) is 0 Å². The molecule has 0 radical (unpaired) electrons. The maximum Gasteiger partial charge on any atom is 0.253 e. The van der Waals surface area contributed by atoms with Crippen LogP contribution in [0, 0.1) is 0 Å². The summed E-state index contributed by atoms with van der Waals surface area (Å²) in [6.45, 7) is 0.501. The minimum absolute atomic E-state index is 0.196. The Morgan fingerprint density at radius 3 is 2.76 bits per heavy atom. The molecule has 1 N–H and O–H groups in total. The van der Waals surface area contributed by atoms with Gasteiger partial charge in [-0.2, -0.15) is 11.3 Å². The maximum absolute atomic E-state index is 11.8. The summed E-state index contributed by atoms with van der Waals surface area (Å²) in [5.41, 5.74) is 1.51. The van der Waals surface area contributed by atoms with Crippen molar-refractivity contribution in [2.45, 2.75) is 6.54 Å². The first-order chi connectivity index (χ1) is 8.16. The molecule has 17 heavy (non-hydrogen) atoms. The molecule has 0 bridgehead atoms. The molecule has 1 aromatic heterocycles. The predicted molar refractivity (Wildman–Crippen MR) is 72.0 cm³/mol. The van der Waals surface area contributed by atoms with Crippen LogP contribution in [0.3, 0.4) is 0 Å². The lowest BCUT2D eigenvalue weighted by Gasteiger charge is -2.05. The lowest BCUT2D eigenvalue weighted by atomic mass is 10.2. The summed E-state index contributed by atoms with van der Waals surface area (Å²) >= 11 is 13.3. The molecule has 1 amide bonds. The van der Waals surface area contributed by atoms with Gasteiger partial charge in [-0.3, -0.25) is 4.79 Å². The fraction of sp³-hybridized carbons (Fsp3) is 0.0833. The van der Waals surface area contributed by atoms with E-state index >= 15 is 0 Å². The van der Waals surface area contributed by atoms with E-state index in [0.717, 1.165) is 5.56 Å². The van der Waals surface area contributed by atoms with E-state index in [0.29, 0.717) is 22.2 Å². The summed E-state index contributed by atoms with van der Waals surface area (Å²) in [6, 6.07) is 6.79. The molecular formula is C12H9Cl2NOS. The van der Waals surface area contributed by atoms with Crippen molar-refractivity contribution in [1.82, 2.24) is 5.32 Å². The van der Waals surface area contributed by atoms with Crippen molar-refractivity contribution < 1.29 is 4.79 Å². The zero-order valence-electron chi connectivity index (χ0n) is 8.74. The number of nitrogens with one attached hydrogen (secondary N) is 1. The second kappa shape index (κ2) is 5.54. The largest absolute Gasteiger partial charge is 0.348 e. The Kier molecular flexibility index (Phi) is 4.05. The lowest BCUT2D eigenvalue weighted by Crippen LogP contribution is -2.22. The number of rotatable bonds is 3. The molecule has 0 saturated carbocycles. The fourth-order valence-electron chi connectivity index (χ4n) is 1.34. The topological polar surface area (TPSA) is 29.1 Å². The van der Waals surface area contributed by atoms with Gasteiger partial charge in [-0.1, -0.05) is 23.2 Å². The highest BCUT2D eigenvalue weighted by Gasteiger charge is 2.10. The number of thiophene rings is 1. The standard InChI is InChI=1S/C12H9Cl2NOS/c13-9-1-2-10(11(14)5-9)12(16)15-6-8-3-4-17-7-8/h1-5,7H,6H2,(H,15,16). The van der Waals surface area contributed by atoms with Gasteiger partial charge in [0.1, 0.15) is 0 Å². The van der Waals surface area contributed by atoms with Crippen molar-refractivity contribution in [1.29, 1.82) is 0 Å². The van der Waals surface area contributed by atoms with Gasteiger partial charge in [0.25, 0.3) is 5.91 Å². The number of hydrogen-bond acceptors (Lipinski definition) is 2. The minimum Gasteiger partial charge on any atom is -0.348 e. The summed E-state index contributed by atoms with van der Waals surface area (Å²) in [6.07, 6.45) is 0. The molecular weight excluding hydrogens is 277 g/mol. The highest BCUT2D eigenvalue weighted by Crippen LogP contribution is 2.20. The van der Waals surface area contributed by atoms with E-state index in [9.17, 15) is 4.79 Å². The lowest BCUT2D eigenvalue weighted by molar-refractivity contribution is 0.0951. The average Bonchev–Trinajstić information content (AvgIpc) is 2.78. The van der Waals surface area contributed by atoms with Crippen LogP contribution in [-0.2, 0) is 6.54 Å². The molecule has 0 aliphatic carbocycles. The van der Waals surface area contributed by atoms with Gasteiger partial charge in [0, 0.05) is 11.6 Å². The first-order valence-electron chi connectivity index (χ1n) is 4.91. The Balaban J connectivity index is 2.04. The fourth-order valence-corrected chi connectivity index (χ4v) is 2.51. The van der Waals surface area contributed by atoms with Crippen LogP contribution in [-0.4, -0.2) is 5.91 Å². The number of hydrogen-bond donors (Lipinski definition) is 1. The van der Waals surface area contributed by atoms with Gasteiger partial charge >= 0.3 is 0 Å². The third kappa shape index (κ3) is 3.22. The Morgan fingerprint density at radius 2 is 2.12 bits per heavy atom. The van der Waals surface area contributed by atoms with Crippen LogP contribution in [0.25, 0.3) is 0 Å².